The summed E-state index contributed by atoms with van der Waals surface area (Å²) < 4.78 is 14.3. The molecule has 0 N–H and O–H groups in total. The van der Waals surface area contributed by atoms with Gasteiger partial charge in [-0.1, -0.05) is 13.0 Å². The molecule has 0 radical (unpaired) electrons. The van der Waals surface area contributed by atoms with Crippen molar-refractivity contribution in [3.05, 3.63) is 35.0 Å². The Labute approximate surface area is 85.2 Å². The Bertz CT molecular complexity index is 487. The first-order valence-corrected chi connectivity index (χ1v) is 5.31. The first-order valence-electron chi connectivity index (χ1n) is 4.43. The number of thiophene rings is 1. The monoisotopic (exact) mass is 208 g/mol. The molecule has 0 saturated carbocycles. The van der Waals surface area contributed by atoms with Gasteiger partial charge in [0.15, 0.2) is 5.78 Å². The second-order valence-corrected chi connectivity index (χ2v) is 3.95. The van der Waals surface area contributed by atoms with E-state index in [2.05, 4.69) is 0 Å². The maximum Gasteiger partial charge on any atom is 0.164 e. The highest BCUT2D eigenvalue weighted by atomic mass is 32.1. The molecular formula is C11H9FOS. The van der Waals surface area contributed by atoms with Crippen molar-refractivity contribution >= 4 is 27.2 Å². The summed E-state index contributed by atoms with van der Waals surface area (Å²) in [6.07, 6.45) is 0.417. The average molecular weight is 208 g/mol. The second-order valence-electron chi connectivity index (χ2n) is 3.04. The van der Waals surface area contributed by atoms with Crippen molar-refractivity contribution in [3.63, 3.8) is 0 Å². The molecule has 1 nitrogen and oxygen atoms in total. The van der Waals surface area contributed by atoms with Crippen LogP contribution in [0.15, 0.2) is 23.6 Å². The van der Waals surface area contributed by atoms with E-state index in [4.69, 9.17) is 0 Å². The number of fused-ring (bicyclic) bond motifs is 1. The fourth-order valence-electron chi connectivity index (χ4n) is 1.44. The highest BCUT2D eigenvalue weighted by Gasteiger charge is 2.13. The highest BCUT2D eigenvalue weighted by molar-refractivity contribution is 7.17. The number of rotatable bonds is 2. The SMILES string of the molecule is CCC(=O)c1csc2cccc(F)c12. The van der Waals surface area contributed by atoms with Crippen molar-refractivity contribution in [3.8, 4) is 0 Å². The summed E-state index contributed by atoms with van der Waals surface area (Å²) in [4.78, 5) is 11.5. The van der Waals surface area contributed by atoms with Gasteiger partial charge in [-0.25, -0.2) is 4.39 Å². The molecule has 0 unspecified atom stereocenters. The zero-order valence-electron chi connectivity index (χ0n) is 7.71. The molecule has 2 aromatic rings. The Hall–Kier alpha value is -1.22. The molecule has 1 aromatic heterocycles. The van der Waals surface area contributed by atoms with Crippen LogP contribution in [0.3, 0.4) is 0 Å². The van der Waals surface area contributed by atoms with E-state index in [1.165, 1.54) is 17.4 Å². The number of ketones is 1. The van der Waals surface area contributed by atoms with Crippen molar-refractivity contribution < 1.29 is 9.18 Å². The topological polar surface area (TPSA) is 17.1 Å². The standard InChI is InChI=1S/C11H9FOS/c1-2-9(13)7-6-14-10-5-3-4-8(12)11(7)10/h3-6H,2H2,1H3. The fraction of sp³-hybridized carbons (Fsp3) is 0.182. The maximum absolute atomic E-state index is 13.4. The maximum atomic E-state index is 13.4. The van der Waals surface area contributed by atoms with Gasteiger partial charge in [-0.2, -0.15) is 0 Å². The Morgan fingerprint density at radius 3 is 3.00 bits per heavy atom. The van der Waals surface area contributed by atoms with Crippen LogP contribution in [0.5, 0.6) is 0 Å². The smallest absolute Gasteiger partial charge is 0.164 e. The zero-order valence-corrected chi connectivity index (χ0v) is 8.53. The van der Waals surface area contributed by atoms with Gasteiger partial charge in [0.2, 0.25) is 0 Å². The summed E-state index contributed by atoms with van der Waals surface area (Å²) in [5.41, 5.74) is 0.519. The Kier molecular flexibility index (Phi) is 2.33. The van der Waals surface area contributed by atoms with E-state index < -0.39 is 0 Å². The third-order valence-corrected chi connectivity index (χ3v) is 3.12. The minimum absolute atomic E-state index is 0.00125. The molecule has 0 amide bonds. The van der Waals surface area contributed by atoms with Gasteiger partial charge < -0.3 is 0 Å². The van der Waals surface area contributed by atoms with Gasteiger partial charge in [-0.05, 0) is 12.1 Å². The van der Waals surface area contributed by atoms with Crippen LogP contribution in [-0.4, -0.2) is 5.78 Å². The molecule has 0 aliphatic rings. The molecule has 0 fully saturated rings. The lowest BCUT2D eigenvalue weighted by Gasteiger charge is -1.96. The van der Waals surface area contributed by atoms with Crippen molar-refractivity contribution in [1.82, 2.24) is 0 Å². The van der Waals surface area contributed by atoms with Crippen molar-refractivity contribution in [2.45, 2.75) is 13.3 Å². The molecule has 1 heterocycles. The number of carbonyl (C=O) groups excluding carboxylic acids is 1. The number of hydrogen-bond acceptors (Lipinski definition) is 2. The summed E-state index contributed by atoms with van der Waals surface area (Å²) in [6, 6.07) is 4.88. The minimum atomic E-state index is -0.305. The predicted molar refractivity (Wildman–Crippen MR) is 56.4 cm³/mol. The van der Waals surface area contributed by atoms with Gasteiger partial charge in [0, 0.05) is 27.5 Å². The lowest BCUT2D eigenvalue weighted by molar-refractivity contribution is 0.0990. The fourth-order valence-corrected chi connectivity index (χ4v) is 2.42. The number of Topliss-reactive ketones (excluding diaryl/α,β-unsaturated/α-hetero) is 1. The Morgan fingerprint density at radius 2 is 2.29 bits per heavy atom. The lowest BCUT2D eigenvalue weighted by atomic mass is 10.1. The number of hydrogen-bond donors (Lipinski definition) is 0. The summed E-state index contributed by atoms with van der Waals surface area (Å²) in [7, 11) is 0. The Balaban J connectivity index is 2.73. The van der Waals surface area contributed by atoms with Crippen LogP contribution in [0, 0.1) is 5.82 Å². The van der Waals surface area contributed by atoms with Crippen molar-refractivity contribution in [1.29, 1.82) is 0 Å². The molecular weight excluding hydrogens is 199 g/mol. The van der Waals surface area contributed by atoms with Crippen molar-refractivity contribution in [2.24, 2.45) is 0 Å². The molecule has 0 bridgehead atoms. The molecule has 0 spiro atoms. The van der Waals surface area contributed by atoms with Crippen LogP contribution < -0.4 is 0 Å². The average Bonchev–Trinajstić information content (AvgIpc) is 2.62. The molecule has 0 saturated heterocycles. The first-order chi connectivity index (χ1) is 6.74. The second kappa shape index (κ2) is 3.50. The molecule has 3 heteroatoms. The molecule has 14 heavy (non-hydrogen) atoms. The van der Waals surface area contributed by atoms with Crippen LogP contribution >= 0.6 is 11.3 Å². The molecule has 1 aromatic carbocycles. The van der Waals surface area contributed by atoms with E-state index in [1.54, 1.807) is 18.4 Å². The van der Waals surface area contributed by atoms with Gasteiger partial charge in [0.25, 0.3) is 0 Å². The summed E-state index contributed by atoms with van der Waals surface area (Å²) in [5, 5.41) is 2.21. The van der Waals surface area contributed by atoms with Crippen LogP contribution in [-0.2, 0) is 0 Å². The third kappa shape index (κ3) is 1.34. The molecule has 2 rings (SSSR count). The summed E-state index contributed by atoms with van der Waals surface area (Å²) >= 11 is 1.41. The lowest BCUT2D eigenvalue weighted by Crippen LogP contribution is -1.95. The van der Waals surface area contributed by atoms with E-state index in [1.807, 2.05) is 6.07 Å². The number of benzene rings is 1. The summed E-state index contributed by atoms with van der Waals surface area (Å²) in [5.74, 6) is -0.304. The van der Waals surface area contributed by atoms with E-state index in [0.29, 0.717) is 17.4 Å². The van der Waals surface area contributed by atoms with E-state index in [-0.39, 0.29) is 11.6 Å². The third-order valence-electron chi connectivity index (χ3n) is 2.17. The first kappa shape index (κ1) is 9.34. The molecule has 0 aliphatic carbocycles. The largest absolute Gasteiger partial charge is 0.294 e. The predicted octanol–water partition coefficient (Wildman–Crippen LogP) is 3.63. The van der Waals surface area contributed by atoms with Gasteiger partial charge in [-0.3, -0.25) is 4.79 Å². The molecule has 0 atom stereocenters. The van der Waals surface area contributed by atoms with E-state index in [0.717, 1.165) is 4.70 Å². The molecule has 72 valence electrons. The highest BCUT2D eigenvalue weighted by Crippen LogP contribution is 2.28. The van der Waals surface area contributed by atoms with Gasteiger partial charge in [-0.15, -0.1) is 11.3 Å². The van der Waals surface area contributed by atoms with Gasteiger partial charge in [0.05, 0.1) is 0 Å². The van der Waals surface area contributed by atoms with Crippen LogP contribution in [0.1, 0.15) is 23.7 Å². The zero-order chi connectivity index (χ0) is 10.1. The van der Waals surface area contributed by atoms with Crippen LogP contribution in [0.4, 0.5) is 4.39 Å². The van der Waals surface area contributed by atoms with Crippen LogP contribution in [0.25, 0.3) is 10.1 Å². The van der Waals surface area contributed by atoms with Crippen molar-refractivity contribution in [2.75, 3.05) is 0 Å². The van der Waals surface area contributed by atoms with E-state index in [9.17, 15) is 9.18 Å². The quantitative estimate of drug-likeness (QED) is 0.689. The molecule has 0 aliphatic heterocycles. The Morgan fingerprint density at radius 1 is 1.50 bits per heavy atom. The van der Waals surface area contributed by atoms with Gasteiger partial charge in [0.1, 0.15) is 5.82 Å². The summed E-state index contributed by atoms with van der Waals surface area (Å²) in [6.45, 7) is 1.78. The van der Waals surface area contributed by atoms with Gasteiger partial charge >= 0.3 is 0 Å². The number of carbonyl (C=O) groups is 1. The van der Waals surface area contributed by atoms with Crippen LogP contribution in [0.2, 0.25) is 0 Å². The van der Waals surface area contributed by atoms with E-state index >= 15 is 0 Å². The normalized spacial score (nSPS) is 10.7. The number of halogens is 1. The minimum Gasteiger partial charge on any atom is -0.294 e.